The topological polar surface area (TPSA) is 133 Å². The average molecular weight is 268 g/mol. The summed E-state index contributed by atoms with van der Waals surface area (Å²) in [7, 11) is 0. The quantitative estimate of drug-likeness (QED) is 0.578. The molecule has 8 nitrogen and oxygen atoms in total. The standard InChI is InChI=1S/C11H12N2O6/c1-6(10(12)14)5-19-9-4-7(11(15)16)2-3-8(9)13(17)18/h2-4,6H,5H2,1H3,(H2,12,14)(H,15,16). The number of benzene rings is 1. The fourth-order valence-corrected chi connectivity index (χ4v) is 1.21. The first-order valence-corrected chi connectivity index (χ1v) is 5.26. The van der Waals surface area contributed by atoms with Gasteiger partial charge in [-0.05, 0) is 6.07 Å². The van der Waals surface area contributed by atoms with Crippen molar-refractivity contribution in [2.24, 2.45) is 11.7 Å². The lowest BCUT2D eigenvalue weighted by molar-refractivity contribution is -0.385. The molecule has 0 bridgehead atoms. The molecular formula is C11H12N2O6. The third kappa shape index (κ3) is 3.66. The van der Waals surface area contributed by atoms with Crippen molar-refractivity contribution >= 4 is 17.6 Å². The number of rotatable bonds is 6. The number of nitrogens with zero attached hydrogens (tertiary/aromatic N) is 1. The second kappa shape index (κ2) is 5.80. The average Bonchev–Trinajstić information content (AvgIpc) is 2.34. The van der Waals surface area contributed by atoms with E-state index in [2.05, 4.69) is 0 Å². The summed E-state index contributed by atoms with van der Waals surface area (Å²) >= 11 is 0. The number of nitro groups is 1. The SMILES string of the molecule is CC(COc1cc(C(=O)O)ccc1[N+](=O)[O-])C(N)=O. The Morgan fingerprint density at radius 3 is 2.63 bits per heavy atom. The van der Waals surface area contributed by atoms with E-state index in [1.165, 1.54) is 6.92 Å². The van der Waals surface area contributed by atoms with E-state index in [-0.39, 0.29) is 23.6 Å². The highest BCUT2D eigenvalue weighted by molar-refractivity contribution is 5.88. The zero-order chi connectivity index (χ0) is 14.6. The molecule has 1 rings (SSSR count). The van der Waals surface area contributed by atoms with E-state index in [1.54, 1.807) is 0 Å². The molecule has 102 valence electrons. The highest BCUT2D eigenvalue weighted by Gasteiger charge is 2.19. The molecule has 1 aromatic carbocycles. The summed E-state index contributed by atoms with van der Waals surface area (Å²) in [6.07, 6.45) is 0. The summed E-state index contributed by atoms with van der Waals surface area (Å²) in [5, 5.41) is 19.6. The molecule has 0 aliphatic heterocycles. The summed E-state index contributed by atoms with van der Waals surface area (Å²) in [5.41, 5.74) is 4.51. The van der Waals surface area contributed by atoms with Crippen LogP contribution in [0, 0.1) is 16.0 Å². The minimum absolute atomic E-state index is 0.146. The van der Waals surface area contributed by atoms with Crippen LogP contribution in [0.25, 0.3) is 0 Å². The number of amides is 1. The summed E-state index contributed by atoms with van der Waals surface area (Å²) in [5.74, 6) is -2.70. The first kappa shape index (κ1) is 14.4. The van der Waals surface area contributed by atoms with Crippen molar-refractivity contribution in [1.82, 2.24) is 0 Å². The Labute approximate surface area is 107 Å². The third-order valence-electron chi connectivity index (χ3n) is 2.38. The highest BCUT2D eigenvalue weighted by Crippen LogP contribution is 2.28. The second-order valence-corrected chi connectivity index (χ2v) is 3.86. The van der Waals surface area contributed by atoms with Gasteiger partial charge >= 0.3 is 11.7 Å². The maximum atomic E-state index is 10.8. The maximum absolute atomic E-state index is 10.8. The third-order valence-corrected chi connectivity index (χ3v) is 2.38. The van der Waals surface area contributed by atoms with E-state index in [0.717, 1.165) is 18.2 Å². The smallest absolute Gasteiger partial charge is 0.335 e. The predicted molar refractivity (Wildman–Crippen MR) is 63.9 cm³/mol. The number of ether oxygens (including phenoxy) is 1. The number of nitro benzene ring substituents is 1. The van der Waals surface area contributed by atoms with Crippen LogP contribution in [0.3, 0.4) is 0 Å². The Hall–Kier alpha value is -2.64. The largest absolute Gasteiger partial charge is 0.486 e. The number of carboxylic acid groups (broad SMARTS) is 1. The van der Waals surface area contributed by atoms with Gasteiger partial charge in [0.2, 0.25) is 5.91 Å². The van der Waals surface area contributed by atoms with Gasteiger partial charge in [0.15, 0.2) is 5.75 Å². The highest BCUT2D eigenvalue weighted by atomic mass is 16.6. The van der Waals surface area contributed by atoms with Crippen LogP contribution in [0.5, 0.6) is 5.75 Å². The predicted octanol–water partition coefficient (Wildman–Crippen LogP) is 0.793. The van der Waals surface area contributed by atoms with Gasteiger partial charge in [-0.1, -0.05) is 6.92 Å². The zero-order valence-corrected chi connectivity index (χ0v) is 10.0. The fraction of sp³-hybridized carbons (Fsp3) is 0.273. The van der Waals surface area contributed by atoms with E-state index < -0.39 is 22.7 Å². The van der Waals surface area contributed by atoms with E-state index in [1.807, 2.05) is 0 Å². The molecule has 8 heteroatoms. The Kier molecular flexibility index (Phi) is 4.41. The molecule has 0 fully saturated rings. The van der Waals surface area contributed by atoms with Crippen molar-refractivity contribution in [3.63, 3.8) is 0 Å². The molecule has 0 saturated heterocycles. The number of primary amides is 1. The van der Waals surface area contributed by atoms with Crippen molar-refractivity contribution in [2.75, 3.05) is 6.61 Å². The Morgan fingerprint density at radius 1 is 1.53 bits per heavy atom. The molecule has 3 N–H and O–H groups in total. The van der Waals surface area contributed by atoms with Gasteiger partial charge in [-0.15, -0.1) is 0 Å². The van der Waals surface area contributed by atoms with Crippen molar-refractivity contribution in [1.29, 1.82) is 0 Å². The number of hydrogen-bond acceptors (Lipinski definition) is 5. The van der Waals surface area contributed by atoms with Crippen LogP contribution in [0.2, 0.25) is 0 Å². The normalized spacial score (nSPS) is 11.6. The van der Waals surface area contributed by atoms with Crippen molar-refractivity contribution in [3.05, 3.63) is 33.9 Å². The Bertz CT molecular complexity index is 528. The van der Waals surface area contributed by atoms with Gasteiger partial charge in [0.25, 0.3) is 0 Å². The maximum Gasteiger partial charge on any atom is 0.335 e. The molecule has 0 aliphatic carbocycles. The van der Waals surface area contributed by atoms with Crippen molar-refractivity contribution in [2.45, 2.75) is 6.92 Å². The molecule has 0 heterocycles. The minimum Gasteiger partial charge on any atom is -0.486 e. The molecule has 0 aromatic heterocycles. The molecule has 0 radical (unpaired) electrons. The molecule has 0 saturated carbocycles. The molecule has 0 spiro atoms. The summed E-state index contributed by atoms with van der Waals surface area (Å²) in [4.78, 5) is 31.7. The van der Waals surface area contributed by atoms with E-state index in [4.69, 9.17) is 15.6 Å². The summed E-state index contributed by atoms with van der Waals surface area (Å²) in [6.45, 7) is 1.33. The van der Waals surface area contributed by atoms with Crippen LogP contribution in [0.15, 0.2) is 18.2 Å². The first-order valence-electron chi connectivity index (χ1n) is 5.26. The molecule has 19 heavy (non-hydrogen) atoms. The fourth-order valence-electron chi connectivity index (χ4n) is 1.21. The lowest BCUT2D eigenvalue weighted by Gasteiger charge is -2.10. The van der Waals surface area contributed by atoms with Crippen LogP contribution in [0.4, 0.5) is 5.69 Å². The second-order valence-electron chi connectivity index (χ2n) is 3.86. The zero-order valence-electron chi connectivity index (χ0n) is 10.0. The molecule has 1 aromatic rings. The van der Waals surface area contributed by atoms with Gasteiger partial charge < -0.3 is 15.6 Å². The molecule has 0 aliphatic rings. The summed E-state index contributed by atoms with van der Waals surface area (Å²) in [6, 6.07) is 3.17. The molecule has 1 atom stereocenters. The summed E-state index contributed by atoms with van der Waals surface area (Å²) < 4.78 is 5.11. The number of nitrogens with two attached hydrogens (primary N) is 1. The van der Waals surface area contributed by atoms with E-state index in [9.17, 15) is 19.7 Å². The monoisotopic (exact) mass is 268 g/mol. The molecular weight excluding hydrogens is 256 g/mol. The Morgan fingerprint density at radius 2 is 2.16 bits per heavy atom. The minimum atomic E-state index is -1.23. The number of carbonyl (C=O) groups is 2. The van der Waals surface area contributed by atoms with Gasteiger partial charge in [-0.3, -0.25) is 14.9 Å². The van der Waals surface area contributed by atoms with Crippen LogP contribution in [-0.4, -0.2) is 28.5 Å². The first-order chi connectivity index (χ1) is 8.82. The number of carbonyl (C=O) groups excluding carboxylic acids is 1. The van der Waals surface area contributed by atoms with Crippen LogP contribution < -0.4 is 10.5 Å². The van der Waals surface area contributed by atoms with E-state index >= 15 is 0 Å². The number of carboxylic acids is 1. The van der Waals surface area contributed by atoms with Crippen LogP contribution in [-0.2, 0) is 4.79 Å². The lowest BCUT2D eigenvalue weighted by atomic mass is 10.1. The van der Waals surface area contributed by atoms with Gasteiger partial charge in [0.05, 0.1) is 23.0 Å². The van der Waals surface area contributed by atoms with Gasteiger partial charge in [0, 0.05) is 12.1 Å². The van der Waals surface area contributed by atoms with Crippen LogP contribution >= 0.6 is 0 Å². The molecule has 1 unspecified atom stereocenters. The van der Waals surface area contributed by atoms with Crippen LogP contribution in [0.1, 0.15) is 17.3 Å². The van der Waals surface area contributed by atoms with Crippen molar-refractivity contribution < 1.29 is 24.4 Å². The van der Waals surface area contributed by atoms with Gasteiger partial charge in [-0.25, -0.2) is 4.79 Å². The van der Waals surface area contributed by atoms with Crippen molar-refractivity contribution in [3.8, 4) is 5.75 Å². The van der Waals surface area contributed by atoms with E-state index in [0.29, 0.717) is 0 Å². The Balaban J connectivity index is 3.01. The van der Waals surface area contributed by atoms with Gasteiger partial charge in [0.1, 0.15) is 0 Å². The van der Waals surface area contributed by atoms with Gasteiger partial charge in [-0.2, -0.15) is 0 Å². The number of hydrogen-bond donors (Lipinski definition) is 2. The molecule has 1 amide bonds. The number of aromatic carboxylic acids is 1. The lowest BCUT2D eigenvalue weighted by Crippen LogP contribution is -2.26.